The standard InChI is InChI=1S/C29H31ClN4O3S/c1-17(2)25(34-15-21-6-4-7-22(30)24(21)28(34)36)29(37)33-13-5-8-23(33)27(35)31-14-19-9-11-20(12-10-19)26-18(3)32-16-38-26/h4,6-7,9-12,16-17,23,25H,5,8,13-15H2,1-3H3,(H,31,35). The summed E-state index contributed by atoms with van der Waals surface area (Å²) in [5.41, 5.74) is 6.23. The van der Waals surface area contributed by atoms with Gasteiger partial charge in [-0.2, -0.15) is 0 Å². The van der Waals surface area contributed by atoms with Crippen molar-refractivity contribution in [3.05, 3.63) is 75.4 Å². The van der Waals surface area contributed by atoms with Gasteiger partial charge in [0.05, 0.1) is 26.7 Å². The van der Waals surface area contributed by atoms with Crippen LogP contribution in [0, 0.1) is 12.8 Å². The van der Waals surface area contributed by atoms with Crippen LogP contribution in [0.2, 0.25) is 5.02 Å². The first kappa shape index (κ1) is 26.4. The van der Waals surface area contributed by atoms with Gasteiger partial charge in [-0.25, -0.2) is 4.98 Å². The minimum absolute atomic E-state index is 0.121. The van der Waals surface area contributed by atoms with E-state index in [2.05, 4.69) is 10.3 Å². The molecule has 3 amide bonds. The molecule has 2 aliphatic rings. The SMILES string of the molecule is Cc1ncsc1-c1ccc(CNC(=O)C2CCCN2C(=O)C(C(C)C)N2Cc3cccc(Cl)c3C2=O)cc1. The van der Waals surface area contributed by atoms with E-state index >= 15 is 0 Å². The first-order valence-electron chi connectivity index (χ1n) is 12.9. The molecular formula is C29H31ClN4O3S. The van der Waals surface area contributed by atoms with Crippen molar-refractivity contribution in [2.75, 3.05) is 6.54 Å². The molecule has 2 aliphatic heterocycles. The third-order valence-electron chi connectivity index (χ3n) is 7.40. The molecule has 9 heteroatoms. The summed E-state index contributed by atoms with van der Waals surface area (Å²) in [4.78, 5) is 49.0. The predicted molar refractivity (Wildman–Crippen MR) is 149 cm³/mol. The largest absolute Gasteiger partial charge is 0.350 e. The van der Waals surface area contributed by atoms with Gasteiger partial charge in [0.2, 0.25) is 11.8 Å². The molecule has 0 radical (unpaired) electrons. The number of amides is 3. The summed E-state index contributed by atoms with van der Waals surface area (Å²) >= 11 is 7.92. The second kappa shape index (κ2) is 10.9. The fourth-order valence-corrected chi connectivity index (χ4v) is 6.56. The minimum atomic E-state index is -0.665. The maximum Gasteiger partial charge on any atom is 0.256 e. The Labute approximate surface area is 231 Å². The first-order valence-corrected chi connectivity index (χ1v) is 14.2. The summed E-state index contributed by atoms with van der Waals surface area (Å²) in [7, 11) is 0. The van der Waals surface area contributed by atoms with Crippen LogP contribution in [0.1, 0.15) is 53.9 Å². The van der Waals surface area contributed by atoms with Gasteiger partial charge in [-0.3, -0.25) is 14.4 Å². The number of hydrogen-bond donors (Lipinski definition) is 1. The van der Waals surface area contributed by atoms with E-state index in [1.807, 2.05) is 62.7 Å². The van der Waals surface area contributed by atoms with Crippen LogP contribution in [-0.2, 0) is 22.7 Å². The van der Waals surface area contributed by atoms with E-state index in [1.54, 1.807) is 27.2 Å². The molecule has 5 rings (SSSR count). The number of rotatable bonds is 7. The van der Waals surface area contributed by atoms with E-state index in [0.717, 1.165) is 33.7 Å². The third-order valence-corrected chi connectivity index (χ3v) is 8.70. The monoisotopic (exact) mass is 550 g/mol. The van der Waals surface area contributed by atoms with Gasteiger partial charge < -0.3 is 15.1 Å². The van der Waals surface area contributed by atoms with Crippen LogP contribution in [0.4, 0.5) is 0 Å². The number of aryl methyl sites for hydroxylation is 1. The summed E-state index contributed by atoms with van der Waals surface area (Å²) in [6.07, 6.45) is 1.35. The Balaban J connectivity index is 1.26. The molecule has 198 valence electrons. The molecule has 0 bridgehead atoms. The minimum Gasteiger partial charge on any atom is -0.350 e. The molecule has 38 heavy (non-hydrogen) atoms. The summed E-state index contributed by atoms with van der Waals surface area (Å²) < 4.78 is 0. The average molecular weight is 551 g/mol. The van der Waals surface area contributed by atoms with Crippen LogP contribution in [0.3, 0.4) is 0 Å². The van der Waals surface area contributed by atoms with Gasteiger partial charge in [-0.1, -0.05) is 61.8 Å². The number of thiazole rings is 1. The van der Waals surface area contributed by atoms with E-state index in [0.29, 0.717) is 36.6 Å². The molecule has 2 atom stereocenters. The lowest BCUT2D eigenvalue weighted by atomic mass is 10.0. The Kier molecular flexibility index (Phi) is 7.54. The number of nitrogens with zero attached hydrogens (tertiary/aromatic N) is 3. The van der Waals surface area contributed by atoms with E-state index in [-0.39, 0.29) is 23.6 Å². The number of carbonyl (C=O) groups is 3. The lowest BCUT2D eigenvalue weighted by Crippen LogP contribution is -2.55. The molecule has 3 aromatic rings. The highest BCUT2D eigenvalue weighted by Gasteiger charge is 2.44. The van der Waals surface area contributed by atoms with Crippen molar-refractivity contribution in [2.24, 2.45) is 5.92 Å². The molecule has 1 fully saturated rings. The molecule has 0 aliphatic carbocycles. The van der Waals surface area contributed by atoms with Gasteiger partial charge in [0.25, 0.3) is 5.91 Å². The summed E-state index contributed by atoms with van der Waals surface area (Å²) in [5, 5.41) is 3.42. The fraction of sp³-hybridized carbons (Fsp3) is 0.379. The maximum absolute atomic E-state index is 13.8. The highest BCUT2D eigenvalue weighted by molar-refractivity contribution is 7.13. The van der Waals surface area contributed by atoms with Gasteiger partial charge in [-0.15, -0.1) is 11.3 Å². The van der Waals surface area contributed by atoms with E-state index in [9.17, 15) is 14.4 Å². The number of nitrogens with one attached hydrogen (secondary N) is 1. The number of likely N-dealkylation sites (tertiary alicyclic amines) is 1. The number of carbonyl (C=O) groups excluding carboxylic acids is 3. The molecule has 2 unspecified atom stereocenters. The second-order valence-corrected chi connectivity index (χ2v) is 11.5. The predicted octanol–water partition coefficient (Wildman–Crippen LogP) is 5.06. The summed E-state index contributed by atoms with van der Waals surface area (Å²) in [6, 6.07) is 12.3. The fourth-order valence-electron chi connectivity index (χ4n) is 5.47. The van der Waals surface area contributed by atoms with Crippen LogP contribution in [0.5, 0.6) is 0 Å². The van der Waals surface area contributed by atoms with Crippen LogP contribution in [0.25, 0.3) is 10.4 Å². The Morgan fingerprint density at radius 1 is 1.18 bits per heavy atom. The number of halogens is 1. The van der Waals surface area contributed by atoms with E-state index < -0.39 is 12.1 Å². The molecule has 2 aromatic carbocycles. The van der Waals surface area contributed by atoms with Gasteiger partial charge in [0.15, 0.2) is 0 Å². The molecule has 1 saturated heterocycles. The Bertz CT molecular complexity index is 1370. The molecule has 1 aromatic heterocycles. The zero-order valence-corrected chi connectivity index (χ0v) is 23.3. The Morgan fingerprint density at radius 3 is 2.61 bits per heavy atom. The highest BCUT2D eigenvalue weighted by Crippen LogP contribution is 2.33. The molecule has 0 saturated carbocycles. The van der Waals surface area contributed by atoms with Gasteiger partial charge >= 0.3 is 0 Å². The van der Waals surface area contributed by atoms with Crippen molar-refractivity contribution in [3.63, 3.8) is 0 Å². The number of fused-ring (bicyclic) bond motifs is 1. The third kappa shape index (κ3) is 4.95. The van der Waals surface area contributed by atoms with Crippen molar-refractivity contribution in [2.45, 2.75) is 58.8 Å². The quantitative estimate of drug-likeness (QED) is 0.446. The number of benzene rings is 2. The van der Waals surface area contributed by atoms with Crippen molar-refractivity contribution in [1.82, 2.24) is 20.1 Å². The van der Waals surface area contributed by atoms with Crippen LogP contribution in [0.15, 0.2) is 48.0 Å². The van der Waals surface area contributed by atoms with Gasteiger partial charge in [-0.05, 0) is 48.4 Å². The van der Waals surface area contributed by atoms with Crippen molar-refractivity contribution in [1.29, 1.82) is 0 Å². The molecular weight excluding hydrogens is 520 g/mol. The second-order valence-electron chi connectivity index (χ2n) is 10.3. The van der Waals surface area contributed by atoms with Crippen molar-refractivity contribution >= 4 is 40.7 Å². The van der Waals surface area contributed by atoms with Gasteiger partial charge in [0.1, 0.15) is 12.1 Å². The van der Waals surface area contributed by atoms with Crippen LogP contribution < -0.4 is 5.32 Å². The maximum atomic E-state index is 13.8. The lowest BCUT2D eigenvalue weighted by molar-refractivity contribution is -0.143. The Morgan fingerprint density at radius 2 is 1.95 bits per heavy atom. The first-order chi connectivity index (χ1) is 18.3. The molecule has 1 N–H and O–H groups in total. The van der Waals surface area contributed by atoms with Crippen molar-refractivity contribution < 1.29 is 14.4 Å². The average Bonchev–Trinajstić information content (AvgIpc) is 3.63. The zero-order chi connectivity index (χ0) is 27.0. The van der Waals surface area contributed by atoms with E-state index in [1.165, 1.54) is 0 Å². The Hall–Kier alpha value is -3.23. The molecule has 3 heterocycles. The zero-order valence-electron chi connectivity index (χ0n) is 21.7. The van der Waals surface area contributed by atoms with Gasteiger partial charge in [0, 0.05) is 19.6 Å². The van der Waals surface area contributed by atoms with Crippen LogP contribution >= 0.6 is 22.9 Å². The lowest BCUT2D eigenvalue weighted by Gasteiger charge is -2.35. The smallest absolute Gasteiger partial charge is 0.256 e. The number of hydrogen-bond acceptors (Lipinski definition) is 5. The molecule has 0 spiro atoms. The highest BCUT2D eigenvalue weighted by atomic mass is 35.5. The summed E-state index contributed by atoms with van der Waals surface area (Å²) in [5.74, 6) is -0.696. The van der Waals surface area contributed by atoms with Crippen molar-refractivity contribution in [3.8, 4) is 10.4 Å². The molecule has 7 nitrogen and oxygen atoms in total. The number of aromatic nitrogens is 1. The normalized spacial score (nSPS) is 17.7. The summed E-state index contributed by atoms with van der Waals surface area (Å²) in [6.45, 7) is 7.08. The topological polar surface area (TPSA) is 82.6 Å². The van der Waals surface area contributed by atoms with E-state index in [4.69, 9.17) is 11.6 Å². The van der Waals surface area contributed by atoms with Crippen LogP contribution in [-0.4, -0.2) is 51.1 Å².